The Morgan fingerprint density at radius 3 is 2.43 bits per heavy atom. The van der Waals surface area contributed by atoms with Crippen LogP contribution < -0.4 is 4.90 Å². The number of esters is 1. The van der Waals surface area contributed by atoms with Gasteiger partial charge in [-0.2, -0.15) is 5.10 Å². The second-order valence-electron chi connectivity index (χ2n) is 7.40. The maximum atomic E-state index is 13.3. The van der Waals surface area contributed by atoms with Crippen LogP contribution in [0.4, 0.5) is 5.69 Å². The number of hydrogen-bond donors (Lipinski definition) is 0. The molecule has 0 bridgehead atoms. The van der Waals surface area contributed by atoms with E-state index in [0.717, 1.165) is 4.90 Å². The molecule has 2 aliphatic rings. The molecule has 2 unspecified atom stereocenters. The Morgan fingerprint density at radius 2 is 1.86 bits per heavy atom. The van der Waals surface area contributed by atoms with Gasteiger partial charge in [0, 0.05) is 10.9 Å². The van der Waals surface area contributed by atoms with Crippen molar-refractivity contribution in [3.8, 4) is 0 Å². The first kappa shape index (κ1) is 20.2. The number of benzene rings is 1. The number of amides is 2. The zero-order chi connectivity index (χ0) is 20.8. The van der Waals surface area contributed by atoms with Gasteiger partial charge in [0.15, 0.2) is 5.71 Å². The summed E-state index contributed by atoms with van der Waals surface area (Å²) in [5.74, 6) is -3.00. The quantitative estimate of drug-likeness (QED) is 0.503. The van der Waals surface area contributed by atoms with Crippen molar-refractivity contribution in [3.05, 3.63) is 28.7 Å². The highest BCUT2D eigenvalue weighted by atomic mass is 79.9. The normalized spacial score (nSPS) is 21.7. The molecule has 9 heteroatoms. The number of ether oxygens (including phenoxy) is 1. The molecule has 0 spiro atoms. The molecule has 8 nitrogen and oxygen atoms in total. The topological polar surface area (TPSA) is 96.3 Å². The van der Waals surface area contributed by atoms with E-state index in [1.807, 2.05) is 0 Å². The van der Waals surface area contributed by atoms with Gasteiger partial charge in [-0.25, -0.2) is 9.69 Å². The number of nitrogens with zero attached hydrogens (tertiary/aromatic N) is 3. The van der Waals surface area contributed by atoms with Gasteiger partial charge in [-0.15, -0.1) is 0 Å². The molecular weight excluding hydrogens is 430 g/mol. The van der Waals surface area contributed by atoms with E-state index in [2.05, 4.69) is 21.0 Å². The first-order valence-electron chi connectivity index (χ1n) is 8.68. The maximum absolute atomic E-state index is 13.3. The monoisotopic (exact) mass is 449 g/mol. The summed E-state index contributed by atoms with van der Waals surface area (Å²) >= 11 is 3.36. The summed E-state index contributed by atoms with van der Waals surface area (Å²) in [6, 6.07) is 5.82. The Labute approximate surface area is 170 Å². The molecule has 2 atom stereocenters. The van der Waals surface area contributed by atoms with Crippen LogP contribution in [0.15, 0.2) is 33.8 Å². The van der Waals surface area contributed by atoms with E-state index >= 15 is 0 Å². The zero-order valence-electron chi connectivity index (χ0n) is 15.9. The van der Waals surface area contributed by atoms with Crippen LogP contribution in [0.5, 0.6) is 0 Å². The molecule has 1 aromatic carbocycles. The van der Waals surface area contributed by atoms with Crippen LogP contribution >= 0.6 is 15.9 Å². The second kappa shape index (κ2) is 7.12. The number of rotatable bonds is 5. The van der Waals surface area contributed by atoms with Gasteiger partial charge in [-0.1, -0.05) is 12.1 Å². The summed E-state index contributed by atoms with van der Waals surface area (Å²) in [4.78, 5) is 51.5. The molecule has 0 N–H and O–H groups in total. The zero-order valence-corrected chi connectivity index (χ0v) is 17.5. The predicted molar refractivity (Wildman–Crippen MR) is 105 cm³/mol. The molecule has 1 aromatic rings. The fourth-order valence-electron chi connectivity index (χ4n) is 3.76. The highest BCUT2D eigenvalue weighted by Crippen LogP contribution is 2.41. The maximum Gasteiger partial charge on any atom is 0.355 e. The molecule has 1 fully saturated rings. The highest BCUT2D eigenvalue weighted by molar-refractivity contribution is 9.10. The Balaban J connectivity index is 2.10. The Morgan fingerprint density at radius 1 is 1.21 bits per heavy atom. The van der Waals surface area contributed by atoms with Crippen LogP contribution in [-0.4, -0.2) is 53.0 Å². The molecule has 0 aromatic heterocycles. The third-order valence-electron chi connectivity index (χ3n) is 4.84. The molecule has 28 heavy (non-hydrogen) atoms. The third-order valence-corrected chi connectivity index (χ3v) is 5.51. The molecule has 0 aliphatic carbocycles. The van der Waals surface area contributed by atoms with E-state index in [9.17, 15) is 19.2 Å². The Hall–Kier alpha value is -2.55. The summed E-state index contributed by atoms with van der Waals surface area (Å²) in [5, 5.41) is 5.67. The number of methoxy groups -OCH3 is 1. The molecule has 2 amide bonds. The Bertz CT molecular complexity index is 911. The van der Waals surface area contributed by atoms with Crippen LogP contribution in [-0.2, 0) is 23.9 Å². The van der Waals surface area contributed by atoms with Crippen molar-refractivity contribution in [2.75, 3.05) is 12.0 Å². The van der Waals surface area contributed by atoms with Crippen LogP contribution in [0.1, 0.15) is 27.2 Å². The first-order chi connectivity index (χ1) is 13.1. The number of hydrogen-bond acceptors (Lipinski definition) is 7. The number of para-hydroxylation sites is 1. The van der Waals surface area contributed by atoms with Crippen molar-refractivity contribution in [1.29, 1.82) is 0 Å². The van der Waals surface area contributed by atoms with E-state index < -0.39 is 35.3 Å². The van der Waals surface area contributed by atoms with Crippen molar-refractivity contribution >= 4 is 50.9 Å². The number of carbonyl (C=O) groups excluding carboxylic acids is 4. The lowest BCUT2D eigenvalue weighted by atomic mass is 9.92. The van der Waals surface area contributed by atoms with Crippen LogP contribution in [0, 0.1) is 5.92 Å². The van der Waals surface area contributed by atoms with Gasteiger partial charge >= 0.3 is 5.97 Å². The van der Waals surface area contributed by atoms with E-state index in [4.69, 9.17) is 4.74 Å². The number of ketones is 1. The van der Waals surface area contributed by atoms with Crippen LogP contribution in [0.25, 0.3) is 0 Å². The minimum absolute atomic E-state index is 0.0947. The Kier molecular flexibility index (Phi) is 5.14. The molecule has 2 aliphatic heterocycles. The molecule has 0 saturated carbocycles. The van der Waals surface area contributed by atoms with E-state index in [1.54, 1.807) is 38.1 Å². The fourth-order valence-corrected chi connectivity index (χ4v) is 4.22. The van der Waals surface area contributed by atoms with Gasteiger partial charge in [0.1, 0.15) is 17.7 Å². The minimum atomic E-state index is -1.08. The number of fused-ring (bicyclic) bond motifs is 1. The molecule has 1 saturated heterocycles. The lowest BCUT2D eigenvalue weighted by Gasteiger charge is -2.36. The summed E-state index contributed by atoms with van der Waals surface area (Å²) in [6.07, 6.45) is 0.102. The standard InChI is InChI=1S/C19H20BrN3O5/c1-10(24)9-19(2,3)23-15-13(14(21-23)18(27)28-4)16(25)22(17(15)26)12-8-6-5-7-11(12)20/h5-8,13,15H,9H2,1-4H3. The highest BCUT2D eigenvalue weighted by Gasteiger charge is 2.61. The van der Waals surface area contributed by atoms with E-state index in [-0.39, 0.29) is 17.9 Å². The lowest BCUT2D eigenvalue weighted by Crippen LogP contribution is -2.50. The average molecular weight is 450 g/mol. The number of hydrazone groups is 1. The molecule has 0 radical (unpaired) electrons. The van der Waals surface area contributed by atoms with Gasteiger partial charge in [0.2, 0.25) is 5.91 Å². The van der Waals surface area contributed by atoms with Crippen molar-refractivity contribution in [1.82, 2.24) is 5.01 Å². The molecule has 3 rings (SSSR count). The fraction of sp³-hybridized carbons (Fsp3) is 0.421. The van der Waals surface area contributed by atoms with Crippen LogP contribution in [0.2, 0.25) is 0 Å². The summed E-state index contributed by atoms with van der Waals surface area (Å²) in [7, 11) is 1.19. The van der Waals surface area contributed by atoms with Crippen molar-refractivity contribution in [3.63, 3.8) is 0 Å². The second-order valence-corrected chi connectivity index (χ2v) is 8.25. The number of imide groups is 1. The van der Waals surface area contributed by atoms with Crippen molar-refractivity contribution < 1.29 is 23.9 Å². The average Bonchev–Trinajstić information content (AvgIpc) is 3.12. The molecule has 148 valence electrons. The van der Waals surface area contributed by atoms with E-state index in [0.29, 0.717) is 10.2 Å². The first-order valence-corrected chi connectivity index (χ1v) is 9.47. The van der Waals surface area contributed by atoms with Crippen molar-refractivity contribution in [2.45, 2.75) is 38.8 Å². The van der Waals surface area contributed by atoms with E-state index in [1.165, 1.54) is 19.0 Å². The summed E-state index contributed by atoms with van der Waals surface area (Å²) in [5.41, 5.74) is -0.609. The number of carbonyl (C=O) groups is 4. The van der Waals surface area contributed by atoms with Crippen LogP contribution in [0.3, 0.4) is 0 Å². The molecule has 2 heterocycles. The smallest absolute Gasteiger partial charge is 0.355 e. The lowest BCUT2D eigenvalue weighted by molar-refractivity contribution is -0.133. The summed E-state index contributed by atoms with van der Waals surface area (Å²) < 4.78 is 5.35. The van der Waals surface area contributed by atoms with Gasteiger partial charge in [0.05, 0.1) is 18.3 Å². The predicted octanol–water partition coefficient (Wildman–Crippen LogP) is 1.91. The summed E-state index contributed by atoms with van der Waals surface area (Å²) in [6.45, 7) is 4.93. The number of anilines is 1. The number of halogens is 1. The van der Waals surface area contributed by atoms with Gasteiger partial charge in [-0.3, -0.25) is 19.4 Å². The SMILES string of the molecule is COC(=O)C1=NN(C(C)(C)CC(C)=O)C2C(=O)N(c3ccccc3Br)C(=O)C12. The van der Waals surface area contributed by atoms with Crippen molar-refractivity contribution in [2.24, 2.45) is 11.0 Å². The number of Topliss-reactive ketones (excluding diaryl/α,β-unsaturated/α-hetero) is 1. The largest absolute Gasteiger partial charge is 0.464 e. The van der Waals surface area contributed by atoms with Gasteiger partial charge in [0.25, 0.3) is 5.91 Å². The van der Waals surface area contributed by atoms with Gasteiger partial charge in [-0.05, 0) is 48.8 Å². The molecular formula is C19H20BrN3O5. The third kappa shape index (κ3) is 3.13. The minimum Gasteiger partial charge on any atom is -0.464 e. The van der Waals surface area contributed by atoms with Gasteiger partial charge < -0.3 is 4.74 Å².